The maximum absolute atomic E-state index is 12.2. The first-order chi connectivity index (χ1) is 24.0. The number of aliphatic hydroxyl groups is 1. The Morgan fingerprint density at radius 1 is 0.612 bits per heavy atom. The van der Waals surface area contributed by atoms with Gasteiger partial charge in [0.05, 0.1) is 12.7 Å². The molecule has 0 aromatic heterocycles. The van der Waals surface area contributed by atoms with Crippen LogP contribution in [0.1, 0.15) is 208 Å². The van der Waals surface area contributed by atoms with Gasteiger partial charge in [0.25, 0.3) is 0 Å². The first-order valence-corrected chi connectivity index (χ1v) is 20.8. The van der Waals surface area contributed by atoms with Gasteiger partial charge in [-0.2, -0.15) is 0 Å². The molecule has 0 radical (unpaired) electrons. The third-order valence-corrected chi connectivity index (χ3v) is 8.72. The zero-order chi connectivity index (χ0) is 37.6. The van der Waals surface area contributed by atoms with Gasteiger partial charge in [0.15, 0.2) is 0 Å². The number of carbonyl (C=O) groups is 2. The van der Waals surface area contributed by atoms with Crippen molar-refractivity contribution in [3.8, 4) is 12.8 Å². The van der Waals surface area contributed by atoms with Crippen molar-refractivity contribution < 1.29 is 24.2 Å². The number of aliphatic hydroxyl groups excluding tert-OH is 1. The number of methoxy groups -OCH3 is 1. The molecule has 0 rings (SSSR count). The average molecular weight is 698 g/mol. The summed E-state index contributed by atoms with van der Waals surface area (Å²) in [4.78, 5) is 24.9. The average Bonchev–Trinajstić information content (AvgIpc) is 3.13. The van der Waals surface area contributed by atoms with Gasteiger partial charge < -0.3 is 24.3 Å². The summed E-state index contributed by atoms with van der Waals surface area (Å²) >= 11 is 0. The molecule has 0 aliphatic rings. The summed E-state index contributed by atoms with van der Waals surface area (Å²) in [5, 5.41) is 9.31. The van der Waals surface area contributed by atoms with E-state index in [1.807, 2.05) is 21.0 Å². The van der Waals surface area contributed by atoms with Crippen molar-refractivity contribution in [1.82, 2.24) is 4.90 Å². The van der Waals surface area contributed by atoms with E-state index in [0.717, 1.165) is 96.5 Å². The molecule has 0 aliphatic carbocycles. The number of hydrogen-bond donors (Lipinski definition) is 1. The van der Waals surface area contributed by atoms with Gasteiger partial charge in [0, 0.05) is 26.5 Å². The van der Waals surface area contributed by atoms with Gasteiger partial charge in [0.1, 0.15) is 12.4 Å². The summed E-state index contributed by atoms with van der Waals surface area (Å²) in [5.41, 5.74) is 0. The van der Waals surface area contributed by atoms with Crippen LogP contribution in [0.3, 0.4) is 0 Å². The number of unbranched alkanes of at least 4 members (excludes halogenated alkanes) is 15. The second-order valence-electron chi connectivity index (χ2n) is 13.1. The number of esters is 1. The summed E-state index contributed by atoms with van der Waals surface area (Å²) in [7, 11) is 1.84. The lowest BCUT2D eigenvalue weighted by Gasteiger charge is -2.21. The Balaban J connectivity index is -0.000000526. The number of terminal acetylenes is 1. The van der Waals surface area contributed by atoms with Gasteiger partial charge in [0.2, 0.25) is 0 Å². The SMILES string of the molecule is C#C.CC.CCCCCC(CCCC)OC.CCCCCC(CCCC)OC(=O)CCCCCCCN(CCO)CCCCCCCC=O. The maximum Gasteiger partial charge on any atom is 0.306 e. The molecule has 0 aliphatic heterocycles. The Bertz CT molecular complexity index is 627. The van der Waals surface area contributed by atoms with E-state index in [0.29, 0.717) is 18.9 Å². The fourth-order valence-electron chi connectivity index (χ4n) is 5.70. The summed E-state index contributed by atoms with van der Waals surface area (Å²) < 4.78 is 11.2. The molecule has 0 amide bonds. The van der Waals surface area contributed by atoms with E-state index >= 15 is 0 Å². The summed E-state index contributed by atoms with van der Waals surface area (Å²) in [6.45, 7) is 16.0. The number of hydrogen-bond acceptors (Lipinski definition) is 6. The van der Waals surface area contributed by atoms with Gasteiger partial charge in [-0.1, -0.05) is 138 Å². The number of aldehydes is 1. The topological polar surface area (TPSA) is 76.1 Å². The maximum atomic E-state index is 12.2. The van der Waals surface area contributed by atoms with E-state index in [9.17, 15) is 14.7 Å². The van der Waals surface area contributed by atoms with Crippen molar-refractivity contribution in [2.45, 2.75) is 221 Å². The van der Waals surface area contributed by atoms with Crippen LogP contribution in [-0.4, -0.2) is 67.8 Å². The lowest BCUT2D eigenvalue weighted by molar-refractivity contribution is -0.150. The number of rotatable bonds is 34. The van der Waals surface area contributed by atoms with Crippen molar-refractivity contribution >= 4 is 12.3 Å². The minimum atomic E-state index is -0.00659. The van der Waals surface area contributed by atoms with E-state index in [1.54, 1.807) is 0 Å². The molecule has 6 heteroatoms. The standard InChI is InChI=1S/C28H55NO4.C11H24O.C2H6.C2H2/c1-3-5-14-20-27(19-6-4-2)33-28(32)21-15-10-9-12-17-23-29(24-26-31)22-16-11-7-8-13-18-25-30;1-4-6-8-10-11(12-3)9-7-5-2;2*1-2/h25,27,31H,3-24,26H2,1-2H3;11H,4-10H2,1-3H3;1-2H3;1-2H. The van der Waals surface area contributed by atoms with Crippen molar-refractivity contribution in [1.29, 1.82) is 0 Å². The Labute approximate surface area is 307 Å². The van der Waals surface area contributed by atoms with Gasteiger partial charge >= 0.3 is 5.97 Å². The molecule has 0 aromatic rings. The third-order valence-electron chi connectivity index (χ3n) is 8.72. The van der Waals surface area contributed by atoms with E-state index in [-0.39, 0.29) is 18.7 Å². The van der Waals surface area contributed by atoms with E-state index in [4.69, 9.17) is 9.47 Å². The predicted octanol–water partition coefficient (Wildman–Crippen LogP) is 11.9. The molecule has 2 unspecified atom stereocenters. The predicted molar refractivity (Wildman–Crippen MR) is 214 cm³/mol. The number of nitrogens with zero attached hydrogens (tertiary/aromatic N) is 1. The van der Waals surface area contributed by atoms with Crippen LogP contribution in [0.4, 0.5) is 0 Å². The minimum Gasteiger partial charge on any atom is -0.462 e. The van der Waals surface area contributed by atoms with Crippen LogP contribution in [0, 0.1) is 12.8 Å². The highest BCUT2D eigenvalue weighted by molar-refractivity contribution is 5.69. The van der Waals surface area contributed by atoms with Crippen molar-refractivity contribution in [2.75, 3.05) is 33.4 Å². The minimum absolute atomic E-state index is 0.00659. The Kier molecular flexibility index (Phi) is 56.5. The molecule has 0 fully saturated rings. The van der Waals surface area contributed by atoms with Gasteiger partial charge in [-0.05, 0) is 70.9 Å². The molecule has 0 spiro atoms. The Morgan fingerprint density at radius 2 is 1.04 bits per heavy atom. The van der Waals surface area contributed by atoms with Crippen LogP contribution in [-0.2, 0) is 19.1 Å². The molecular formula is C43H87NO5. The highest BCUT2D eigenvalue weighted by Crippen LogP contribution is 2.16. The van der Waals surface area contributed by atoms with Crippen LogP contribution < -0.4 is 0 Å². The fraction of sp³-hybridized carbons (Fsp3) is 0.907. The lowest BCUT2D eigenvalue weighted by Crippen LogP contribution is -2.29. The Hall–Kier alpha value is -1.42. The third kappa shape index (κ3) is 46.6. The van der Waals surface area contributed by atoms with Crippen molar-refractivity contribution in [3.05, 3.63) is 0 Å². The molecule has 1 N–H and O–H groups in total. The second-order valence-corrected chi connectivity index (χ2v) is 13.1. The fourth-order valence-corrected chi connectivity index (χ4v) is 5.70. The van der Waals surface area contributed by atoms with E-state index < -0.39 is 0 Å². The van der Waals surface area contributed by atoms with Gasteiger partial charge in [-0.3, -0.25) is 4.79 Å². The molecule has 0 heterocycles. The number of ether oxygens (including phenoxy) is 2. The monoisotopic (exact) mass is 698 g/mol. The normalized spacial score (nSPS) is 11.7. The second kappa shape index (κ2) is 51.0. The van der Waals surface area contributed by atoms with Gasteiger partial charge in [-0.15, -0.1) is 12.8 Å². The van der Waals surface area contributed by atoms with Crippen LogP contribution >= 0.6 is 0 Å². The van der Waals surface area contributed by atoms with Crippen molar-refractivity contribution in [2.24, 2.45) is 0 Å². The smallest absolute Gasteiger partial charge is 0.306 e. The lowest BCUT2D eigenvalue weighted by atomic mass is 10.1. The first-order valence-electron chi connectivity index (χ1n) is 20.8. The molecule has 2 atom stereocenters. The molecule has 0 bridgehead atoms. The molecule has 0 saturated heterocycles. The largest absolute Gasteiger partial charge is 0.462 e. The quantitative estimate of drug-likeness (QED) is 0.0312. The van der Waals surface area contributed by atoms with Crippen molar-refractivity contribution in [3.63, 3.8) is 0 Å². The van der Waals surface area contributed by atoms with Crippen LogP contribution in [0.2, 0.25) is 0 Å². The van der Waals surface area contributed by atoms with Crippen LogP contribution in [0.5, 0.6) is 0 Å². The molecule has 0 saturated carbocycles. The summed E-state index contributed by atoms with van der Waals surface area (Å²) in [6, 6.07) is 0. The highest BCUT2D eigenvalue weighted by Gasteiger charge is 2.14. The van der Waals surface area contributed by atoms with Crippen LogP contribution in [0.15, 0.2) is 0 Å². The molecule has 49 heavy (non-hydrogen) atoms. The summed E-state index contributed by atoms with van der Waals surface area (Å²) in [6.07, 6.45) is 39.1. The Morgan fingerprint density at radius 3 is 1.51 bits per heavy atom. The number of carbonyl (C=O) groups excluding carboxylic acids is 2. The van der Waals surface area contributed by atoms with Gasteiger partial charge in [-0.25, -0.2) is 0 Å². The zero-order valence-corrected chi connectivity index (χ0v) is 34.1. The molecule has 6 nitrogen and oxygen atoms in total. The zero-order valence-electron chi connectivity index (χ0n) is 34.1. The first kappa shape index (κ1) is 54.4. The molecule has 294 valence electrons. The van der Waals surface area contributed by atoms with E-state index in [2.05, 4.69) is 45.4 Å². The molecular weight excluding hydrogens is 610 g/mol. The highest BCUT2D eigenvalue weighted by atomic mass is 16.5. The summed E-state index contributed by atoms with van der Waals surface area (Å²) in [5.74, 6) is -0.00659. The molecule has 0 aromatic carbocycles. The van der Waals surface area contributed by atoms with Crippen LogP contribution in [0.25, 0.3) is 0 Å². The van der Waals surface area contributed by atoms with E-state index in [1.165, 1.54) is 83.5 Å².